The summed E-state index contributed by atoms with van der Waals surface area (Å²) in [6.45, 7) is 9.94. The molecule has 1 fully saturated rings. The molecule has 28 heavy (non-hydrogen) atoms. The van der Waals surface area contributed by atoms with Gasteiger partial charge >= 0.3 is 0 Å². The Bertz CT molecular complexity index is 815. The summed E-state index contributed by atoms with van der Waals surface area (Å²) >= 11 is 0. The van der Waals surface area contributed by atoms with Crippen LogP contribution in [0.4, 0.5) is 4.39 Å². The molecule has 0 radical (unpaired) electrons. The van der Waals surface area contributed by atoms with Crippen LogP contribution in [0.1, 0.15) is 65.7 Å². The Labute approximate surface area is 165 Å². The molecule has 0 spiro atoms. The van der Waals surface area contributed by atoms with E-state index in [9.17, 15) is 14.0 Å². The van der Waals surface area contributed by atoms with Gasteiger partial charge in [-0.1, -0.05) is 39.8 Å². The fourth-order valence-corrected chi connectivity index (χ4v) is 2.94. The van der Waals surface area contributed by atoms with E-state index < -0.39 is 17.1 Å². The molecular weight excluding hydrogens is 361 g/mol. The van der Waals surface area contributed by atoms with Crippen molar-refractivity contribution < 1.29 is 18.5 Å². The molecule has 0 N–H and O–H groups in total. The lowest BCUT2D eigenvalue weighted by Crippen LogP contribution is -2.42. The number of benzene rings is 1. The van der Waals surface area contributed by atoms with Crippen LogP contribution in [-0.4, -0.2) is 33.3 Å². The van der Waals surface area contributed by atoms with Crippen molar-refractivity contribution >= 4 is 11.7 Å². The van der Waals surface area contributed by atoms with Crippen LogP contribution in [0, 0.1) is 11.2 Å². The number of aromatic nitrogens is 2. The lowest BCUT2D eigenvalue weighted by Gasteiger charge is -2.26. The van der Waals surface area contributed by atoms with Crippen LogP contribution in [0.15, 0.2) is 28.8 Å². The second kappa shape index (κ2) is 9.08. The van der Waals surface area contributed by atoms with Gasteiger partial charge in [-0.25, -0.2) is 4.39 Å². The molecule has 152 valence electrons. The highest BCUT2D eigenvalue weighted by molar-refractivity contribution is 6.38. The van der Waals surface area contributed by atoms with Gasteiger partial charge in [-0.3, -0.25) is 9.59 Å². The Balaban J connectivity index is 0.00000136. The highest BCUT2D eigenvalue weighted by atomic mass is 19.1. The van der Waals surface area contributed by atoms with Crippen molar-refractivity contribution in [3.8, 4) is 11.5 Å². The summed E-state index contributed by atoms with van der Waals surface area (Å²) in [7, 11) is 0. The van der Waals surface area contributed by atoms with Gasteiger partial charge in [0.1, 0.15) is 5.82 Å². The molecule has 2 heterocycles. The first-order valence-corrected chi connectivity index (χ1v) is 9.78. The first-order chi connectivity index (χ1) is 13.3. The van der Waals surface area contributed by atoms with Crippen LogP contribution in [0.2, 0.25) is 0 Å². The van der Waals surface area contributed by atoms with Gasteiger partial charge in [0.15, 0.2) is 5.82 Å². The third kappa shape index (κ3) is 4.46. The molecule has 1 aliphatic heterocycles. The van der Waals surface area contributed by atoms with E-state index in [-0.39, 0.29) is 17.7 Å². The van der Waals surface area contributed by atoms with Crippen LogP contribution in [0.3, 0.4) is 0 Å². The summed E-state index contributed by atoms with van der Waals surface area (Å²) in [5, 5.41) is 3.99. The molecule has 2 aromatic rings. The maximum Gasteiger partial charge on any atom is 0.291 e. The van der Waals surface area contributed by atoms with Crippen LogP contribution < -0.4 is 0 Å². The predicted octanol–water partition coefficient (Wildman–Crippen LogP) is 4.57. The molecule has 7 heteroatoms. The topological polar surface area (TPSA) is 76.3 Å². The monoisotopic (exact) mass is 389 g/mol. The van der Waals surface area contributed by atoms with Gasteiger partial charge in [-0.15, -0.1) is 0 Å². The van der Waals surface area contributed by atoms with Crippen LogP contribution in [0.25, 0.3) is 11.5 Å². The number of hydrogen-bond donors (Lipinski definition) is 0. The summed E-state index contributed by atoms with van der Waals surface area (Å²) in [6, 6.07) is 5.36. The second-order valence-electron chi connectivity index (χ2n) is 7.19. The van der Waals surface area contributed by atoms with Crippen LogP contribution in [0.5, 0.6) is 0 Å². The summed E-state index contributed by atoms with van der Waals surface area (Å²) < 4.78 is 18.3. The number of likely N-dealkylation sites (tertiary alicyclic amines) is 1. The van der Waals surface area contributed by atoms with Gasteiger partial charge in [-0.05, 0) is 43.5 Å². The van der Waals surface area contributed by atoms with Gasteiger partial charge in [0.25, 0.3) is 11.8 Å². The predicted molar refractivity (Wildman–Crippen MR) is 104 cm³/mol. The first kappa shape index (κ1) is 21.7. The van der Waals surface area contributed by atoms with E-state index in [2.05, 4.69) is 10.1 Å². The number of ketones is 1. The summed E-state index contributed by atoms with van der Waals surface area (Å²) in [6.07, 6.45) is 2.04. The van der Waals surface area contributed by atoms with Crippen molar-refractivity contribution in [3.05, 3.63) is 35.9 Å². The SMILES string of the molecule is CC.CCC(C)(C)C(=O)C(=O)N1CCCC1c1noc(-c2ccc(F)cc2)n1. The second-order valence-corrected chi connectivity index (χ2v) is 7.19. The van der Waals surface area contributed by atoms with Gasteiger partial charge in [-0.2, -0.15) is 4.98 Å². The summed E-state index contributed by atoms with van der Waals surface area (Å²) in [5.74, 6) is -0.600. The van der Waals surface area contributed by atoms with E-state index in [1.165, 1.54) is 12.1 Å². The average Bonchev–Trinajstić information content (AvgIpc) is 3.38. The molecule has 1 saturated heterocycles. The largest absolute Gasteiger partial charge is 0.334 e. The Morgan fingerprint density at radius 3 is 2.50 bits per heavy atom. The quantitative estimate of drug-likeness (QED) is 0.700. The Morgan fingerprint density at radius 1 is 1.25 bits per heavy atom. The zero-order valence-corrected chi connectivity index (χ0v) is 17.2. The van der Waals surface area contributed by atoms with Gasteiger partial charge in [0, 0.05) is 17.5 Å². The van der Waals surface area contributed by atoms with E-state index in [0.29, 0.717) is 30.8 Å². The molecule has 6 nitrogen and oxygen atoms in total. The number of carbonyl (C=O) groups is 2. The smallest absolute Gasteiger partial charge is 0.291 e. The van der Waals surface area contributed by atoms with E-state index in [0.717, 1.165) is 6.42 Å². The normalized spacial score (nSPS) is 16.5. The highest BCUT2D eigenvalue weighted by Crippen LogP contribution is 2.33. The summed E-state index contributed by atoms with van der Waals surface area (Å²) in [5.41, 5.74) is -0.0926. The first-order valence-electron chi connectivity index (χ1n) is 9.78. The molecular formula is C21H28FN3O3. The minimum atomic E-state index is -0.694. The average molecular weight is 389 g/mol. The molecule has 0 aliphatic carbocycles. The molecule has 1 unspecified atom stereocenters. The van der Waals surface area contributed by atoms with E-state index >= 15 is 0 Å². The van der Waals surface area contributed by atoms with Crippen molar-refractivity contribution in [1.82, 2.24) is 15.0 Å². The van der Waals surface area contributed by atoms with Crippen molar-refractivity contribution in [2.75, 3.05) is 6.54 Å². The molecule has 1 aliphatic rings. The number of nitrogens with zero attached hydrogens (tertiary/aromatic N) is 3. The highest BCUT2D eigenvalue weighted by Gasteiger charge is 2.40. The molecule has 1 amide bonds. The Morgan fingerprint density at radius 2 is 1.89 bits per heavy atom. The van der Waals surface area contributed by atoms with Crippen molar-refractivity contribution in [1.29, 1.82) is 0 Å². The summed E-state index contributed by atoms with van der Waals surface area (Å²) in [4.78, 5) is 31.1. The molecule has 1 atom stereocenters. The molecule has 3 rings (SSSR count). The van der Waals surface area contributed by atoms with E-state index in [1.807, 2.05) is 20.8 Å². The fourth-order valence-electron chi connectivity index (χ4n) is 2.94. The molecule has 0 bridgehead atoms. The standard InChI is InChI=1S/C19H22FN3O3.C2H6/c1-4-19(2,3)15(24)18(25)23-11-5-6-14(23)16-21-17(26-22-16)12-7-9-13(20)10-8-12;1-2/h7-10,14H,4-6,11H2,1-3H3;1-2H3. The third-order valence-corrected chi connectivity index (χ3v) is 5.04. The van der Waals surface area contributed by atoms with Crippen LogP contribution >= 0.6 is 0 Å². The Kier molecular flexibility index (Phi) is 7.05. The number of carbonyl (C=O) groups excluding carboxylic acids is 2. The van der Waals surface area contributed by atoms with Gasteiger partial charge in [0.2, 0.25) is 5.78 Å². The lowest BCUT2D eigenvalue weighted by atomic mass is 9.84. The molecule has 1 aromatic carbocycles. The maximum atomic E-state index is 13.1. The van der Waals surface area contributed by atoms with Gasteiger partial charge in [0.05, 0.1) is 6.04 Å². The number of halogens is 1. The van der Waals surface area contributed by atoms with Crippen molar-refractivity contribution in [2.24, 2.45) is 5.41 Å². The minimum absolute atomic E-state index is 0.263. The Hall–Kier alpha value is -2.57. The third-order valence-electron chi connectivity index (χ3n) is 5.04. The molecule has 0 saturated carbocycles. The van der Waals surface area contributed by atoms with Crippen molar-refractivity contribution in [2.45, 2.75) is 59.9 Å². The fraction of sp³-hybridized carbons (Fsp3) is 0.524. The van der Waals surface area contributed by atoms with Crippen molar-refractivity contribution in [3.63, 3.8) is 0 Å². The van der Waals surface area contributed by atoms with E-state index in [4.69, 9.17) is 4.52 Å². The van der Waals surface area contributed by atoms with Crippen LogP contribution in [-0.2, 0) is 9.59 Å². The number of hydrogen-bond acceptors (Lipinski definition) is 5. The minimum Gasteiger partial charge on any atom is -0.334 e. The lowest BCUT2D eigenvalue weighted by molar-refractivity contribution is -0.150. The molecule has 1 aromatic heterocycles. The number of amides is 1. The van der Waals surface area contributed by atoms with Gasteiger partial charge < -0.3 is 9.42 Å². The number of rotatable bonds is 5. The number of Topliss-reactive ketones (excluding diaryl/α,β-unsaturated/α-hetero) is 1. The maximum absolute atomic E-state index is 13.1. The zero-order chi connectivity index (χ0) is 20.9. The zero-order valence-electron chi connectivity index (χ0n) is 17.2. The van der Waals surface area contributed by atoms with E-state index in [1.54, 1.807) is 30.9 Å².